The summed E-state index contributed by atoms with van der Waals surface area (Å²) in [7, 11) is 0. The van der Waals surface area contributed by atoms with Gasteiger partial charge in [0.05, 0.1) is 6.04 Å². The van der Waals surface area contributed by atoms with Crippen molar-refractivity contribution in [3.8, 4) is 0 Å². The highest BCUT2D eigenvalue weighted by molar-refractivity contribution is 7.17. The maximum atomic E-state index is 13.0. The van der Waals surface area contributed by atoms with Crippen molar-refractivity contribution in [2.24, 2.45) is 0 Å². The fourth-order valence-electron chi connectivity index (χ4n) is 3.33. The number of nitrogens with one attached hydrogen (secondary N) is 1. The smallest absolute Gasteiger partial charge is 0.271 e. The molecule has 1 atom stereocenters. The van der Waals surface area contributed by atoms with Gasteiger partial charge in [-0.25, -0.2) is 9.37 Å². The van der Waals surface area contributed by atoms with Crippen LogP contribution in [0.3, 0.4) is 0 Å². The van der Waals surface area contributed by atoms with Crippen molar-refractivity contribution in [3.63, 3.8) is 0 Å². The molecule has 2 aromatic heterocycles. The van der Waals surface area contributed by atoms with Crippen LogP contribution in [-0.2, 0) is 12.8 Å². The highest BCUT2D eigenvalue weighted by atomic mass is 32.1. The van der Waals surface area contributed by atoms with E-state index in [9.17, 15) is 14.0 Å². The molecular weight excluding hydrogens is 353 g/mol. The zero-order chi connectivity index (χ0) is 18.3. The number of amides is 1. The highest BCUT2D eigenvalue weighted by Gasteiger charge is 2.22. The molecule has 1 aliphatic carbocycles. The van der Waals surface area contributed by atoms with E-state index < -0.39 is 5.91 Å². The molecule has 4 rings (SSSR count). The molecule has 0 saturated heterocycles. The topological polar surface area (TPSA) is 63.5 Å². The Balaban J connectivity index is 1.65. The normalized spacial score (nSPS) is 14.8. The molecule has 0 unspecified atom stereocenters. The zero-order valence-corrected chi connectivity index (χ0v) is 15.1. The van der Waals surface area contributed by atoms with Crippen LogP contribution in [0.2, 0.25) is 0 Å². The molecule has 0 bridgehead atoms. The molecule has 0 saturated carbocycles. The fraction of sp³-hybridized carbons (Fsp3) is 0.316. The number of carbonyl (C=O) groups excluding carboxylic acids is 1. The van der Waals surface area contributed by atoms with E-state index in [1.54, 1.807) is 23.5 Å². The number of hydrogen-bond acceptors (Lipinski definition) is 4. The molecule has 1 amide bonds. The van der Waals surface area contributed by atoms with Crippen molar-refractivity contribution in [1.82, 2.24) is 14.7 Å². The van der Waals surface area contributed by atoms with Gasteiger partial charge in [0, 0.05) is 16.8 Å². The van der Waals surface area contributed by atoms with Gasteiger partial charge in [0.2, 0.25) is 0 Å². The van der Waals surface area contributed by atoms with Crippen LogP contribution in [0.1, 0.15) is 52.3 Å². The lowest BCUT2D eigenvalue weighted by Crippen LogP contribution is -2.33. The Morgan fingerprint density at radius 2 is 2.00 bits per heavy atom. The third-order valence-corrected chi connectivity index (χ3v) is 5.92. The average Bonchev–Trinajstić information content (AvgIpc) is 3.01. The highest BCUT2D eigenvalue weighted by Crippen LogP contribution is 2.28. The van der Waals surface area contributed by atoms with Gasteiger partial charge in [0.1, 0.15) is 11.4 Å². The summed E-state index contributed by atoms with van der Waals surface area (Å²) in [6, 6.07) is 5.57. The number of nitrogens with zero attached hydrogens (tertiary/aromatic N) is 2. The van der Waals surface area contributed by atoms with E-state index in [-0.39, 0.29) is 23.0 Å². The van der Waals surface area contributed by atoms with Gasteiger partial charge >= 0.3 is 0 Å². The largest absolute Gasteiger partial charge is 0.345 e. The molecule has 134 valence electrons. The number of halogens is 1. The van der Waals surface area contributed by atoms with Gasteiger partial charge in [-0.15, -0.1) is 11.3 Å². The Morgan fingerprint density at radius 3 is 2.77 bits per heavy atom. The number of hydrogen-bond donors (Lipinski definition) is 1. The minimum atomic E-state index is -0.468. The molecule has 7 heteroatoms. The lowest BCUT2D eigenvalue weighted by molar-refractivity contribution is 0.0938. The molecule has 1 aliphatic rings. The molecule has 0 aliphatic heterocycles. The summed E-state index contributed by atoms with van der Waals surface area (Å²) in [6.07, 6.45) is 5.33. The van der Waals surface area contributed by atoms with Crippen molar-refractivity contribution in [1.29, 1.82) is 0 Å². The molecule has 0 spiro atoms. The van der Waals surface area contributed by atoms with Crippen molar-refractivity contribution in [2.75, 3.05) is 0 Å². The molecule has 26 heavy (non-hydrogen) atoms. The lowest BCUT2D eigenvalue weighted by Gasteiger charge is -2.14. The third kappa shape index (κ3) is 2.92. The van der Waals surface area contributed by atoms with Crippen LogP contribution in [0.25, 0.3) is 4.96 Å². The van der Waals surface area contributed by atoms with Crippen LogP contribution in [0.4, 0.5) is 4.39 Å². The first-order valence-corrected chi connectivity index (χ1v) is 9.45. The fourth-order valence-corrected chi connectivity index (χ4v) is 4.50. The van der Waals surface area contributed by atoms with Gasteiger partial charge in [-0.2, -0.15) is 0 Å². The van der Waals surface area contributed by atoms with Gasteiger partial charge in [-0.1, -0.05) is 12.1 Å². The second-order valence-electron chi connectivity index (χ2n) is 6.52. The second-order valence-corrected chi connectivity index (χ2v) is 7.58. The summed E-state index contributed by atoms with van der Waals surface area (Å²) in [5.41, 5.74) is 1.47. The summed E-state index contributed by atoms with van der Waals surface area (Å²) in [5, 5.41) is 2.80. The minimum Gasteiger partial charge on any atom is -0.345 e. The van der Waals surface area contributed by atoms with Gasteiger partial charge in [-0.05, 0) is 50.3 Å². The van der Waals surface area contributed by atoms with Crippen LogP contribution in [0, 0.1) is 5.82 Å². The number of carbonyl (C=O) groups is 1. The molecule has 0 radical (unpaired) electrons. The van der Waals surface area contributed by atoms with Crippen LogP contribution in [0.15, 0.2) is 35.3 Å². The monoisotopic (exact) mass is 371 g/mol. The van der Waals surface area contributed by atoms with E-state index in [4.69, 9.17) is 0 Å². The number of aryl methyl sites for hydroxylation is 2. The average molecular weight is 371 g/mol. The van der Waals surface area contributed by atoms with E-state index in [2.05, 4.69) is 10.3 Å². The van der Waals surface area contributed by atoms with Crippen LogP contribution in [-0.4, -0.2) is 15.3 Å². The second kappa shape index (κ2) is 6.64. The van der Waals surface area contributed by atoms with Gasteiger partial charge in [0.15, 0.2) is 4.96 Å². The summed E-state index contributed by atoms with van der Waals surface area (Å²) < 4.78 is 14.6. The van der Waals surface area contributed by atoms with Crippen molar-refractivity contribution in [2.45, 2.75) is 38.6 Å². The molecule has 5 nitrogen and oxygen atoms in total. The number of rotatable bonds is 3. The summed E-state index contributed by atoms with van der Waals surface area (Å²) in [6.45, 7) is 1.79. The Bertz CT molecular complexity index is 1040. The van der Waals surface area contributed by atoms with Gasteiger partial charge < -0.3 is 5.32 Å². The lowest BCUT2D eigenvalue weighted by atomic mass is 10.0. The maximum absolute atomic E-state index is 13.0. The Hall–Kier alpha value is -2.54. The predicted octanol–water partition coefficient (Wildman–Crippen LogP) is 3.26. The van der Waals surface area contributed by atoms with Crippen LogP contribution in [0.5, 0.6) is 0 Å². The Morgan fingerprint density at radius 1 is 1.27 bits per heavy atom. The summed E-state index contributed by atoms with van der Waals surface area (Å²) in [5.74, 6) is -0.799. The first-order chi connectivity index (χ1) is 12.5. The van der Waals surface area contributed by atoms with Gasteiger partial charge in [0.25, 0.3) is 11.5 Å². The van der Waals surface area contributed by atoms with Crippen LogP contribution >= 0.6 is 11.3 Å². The number of aromatic nitrogens is 2. The molecule has 1 N–H and O–H groups in total. The van der Waals surface area contributed by atoms with E-state index in [1.165, 1.54) is 34.5 Å². The molecule has 0 fully saturated rings. The number of fused-ring (bicyclic) bond motifs is 3. The van der Waals surface area contributed by atoms with Crippen molar-refractivity contribution >= 4 is 22.2 Å². The quantitative estimate of drug-likeness (QED) is 0.769. The van der Waals surface area contributed by atoms with E-state index in [0.717, 1.165) is 36.9 Å². The van der Waals surface area contributed by atoms with Crippen molar-refractivity contribution in [3.05, 3.63) is 68.3 Å². The van der Waals surface area contributed by atoms with E-state index in [1.807, 2.05) is 0 Å². The number of thiazole rings is 1. The first-order valence-electron chi connectivity index (χ1n) is 8.63. The molecule has 3 aromatic rings. The SMILES string of the molecule is C[C@H](NC(=O)c1cnc2sc3c(n2c1=O)CCCC3)c1ccc(F)cc1. The van der Waals surface area contributed by atoms with Gasteiger partial charge in [-0.3, -0.25) is 14.0 Å². The zero-order valence-electron chi connectivity index (χ0n) is 14.3. The van der Waals surface area contributed by atoms with Crippen molar-refractivity contribution < 1.29 is 9.18 Å². The standard InChI is InChI=1S/C19H18FN3O2S/c1-11(12-6-8-13(20)9-7-12)22-17(24)14-10-21-19-23(18(14)25)15-4-2-3-5-16(15)26-19/h6-11H,2-5H2,1H3,(H,22,24)/t11-/m0/s1. The van der Waals surface area contributed by atoms with E-state index in [0.29, 0.717) is 4.96 Å². The Labute approximate surface area is 153 Å². The third-order valence-electron chi connectivity index (χ3n) is 4.76. The molecule has 1 aromatic carbocycles. The maximum Gasteiger partial charge on any atom is 0.271 e. The predicted molar refractivity (Wildman–Crippen MR) is 98.3 cm³/mol. The Kier molecular flexibility index (Phi) is 4.32. The van der Waals surface area contributed by atoms with E-state index >= 15 is 0 Å². The van der Waals surface area contributed by atoms with Crippen LogP contribution < -0.4 is 10.9 Å². The number of benzene rings is 1. The minimum absolute atomic E-state index is 0.0302. The first kappa shape index (κ1) is 16.9. The summed E-state index contributed by atoms with van der Waals surface area (Å²) in [4.78, 5) is 31.7. The summed E-state index contributed by atoms with van der Waals surface area (Å²) >= 11 is 1.53. The molecular formula is C19H18FN3O2S. The molecule has 2 heterocycles.